The topological polar surface area (TPSA) is 32.7 Å². The number of nitrogens with zero attached hydrogens (tertiary/aromatic N) is 1. The number of ether oxygens (including phenoxy) is 1. The van der Waals surface area contributed by atoms with Gasteiger partial charge in [0.05, 0.1) is 6.04 Å². The molecule has 0 aromatic heterocycles. The predicted molar refractivity (Wildman–Crippen MR) is 75.7 cm³/mol. The summed E-state index contributed by atoms with van der Waals surface area (Å²) in [6.45, 7) is 4.94. The lowest BCUT2D eigenvalue weighted by atomic mass is 9.93. The Hall–Kier alpha value is -0.770. The molecule has 1 saturated heterocycles. The van der Waals surface area contributed by atoms with Gasteiger partial charge in [0.25, 0.3) is 0 Å². The van der Waals surface area contributed by atoms with Crippen LogP contribution in [0.5, 0.6) is 5.75 Å². The Kier molecular flexibility index (Phi) is 3.70. The highest BCUT2D eigenvalue weighted by Crippen LogP contribution is 2.36. The predicted octanol–water partition coefficient (Wildman–Crippen LogP) is 2.87. The van der Waals surface area contributed by atoms with Crippen LogP contribution in [0.25, 0.3) is 0 Å². The Bertz CT molecular complexity index is 457. The second-order valence-electron chi connectivity index (χ2n) is 5.72. The van der Waals surface area contributed by atoms with Crippen molar-refractivity contribution < 1.29 is 9.84 Å². The molecule has 0 amide bonds. The highest BCUT2D eigenvalue weighted by molar-refractivity contribution is 6.30. The molecule has 1 aromatic rings. The molecule has 3 nitrogen and oxygen atoms in total. The summed E-state index contributed by atoms with van der Waals surface area (Å²) in [6, 6.07) is 5.52. The van der Waals surface area contributed by atoms with Crippen LogP contribution >= 0.6 is 11.6 Å². The first-order chi connectivity index (χ1) is 9.15. The summed E-state index contributed by atoms with van der Waals surface area (Å²) in [4.78, 5) is 2.36. The zero-order valence-electron chi connectivity index (χ0n) is 11.2. The van der Waals surface area contributed by atoms with Gasteiger partial charge in [0.15, 0.2) is 0 Å². The fourth-order valence-electron chi connectivity index (χ4n) is 3.02. The minimum absolute atomic E-state index is 0.0541. The van der Waals surface area contributed by atoms with E-state index in [1.165, 1.54) is 12.8 Å². The van der Waals surface area contributed by atoms with Gasteiger partial charge < -0.3 is 9.84 Å². The van der Waals surface area contributed by atoms with Gasteiger partial charge in [-0.2, -0.15) is 0 Å². The van der Waals surface area contributed by atoms with Crippen LogP contribution in [-0.2, 0) is 0 Å². The van der Waals surface area contributed by atoms with Gasteiger partial charge in [0.2, 0.25) is 0 Å². The number of fused-ring (bicyclic) bond motifs is 1. The van der Waals surface area contributed by atoms with Crippen LogP contribution in [0.1, 0.15) is 31.4 Å². The summed E-state index contributed by atoms with van der Waals surface area (Å²) in [5.74, 6) is 1.55. The fourth-order valence-corrected chi connectivity index (χ4v) is 3.20. The van der Waals surface area contributed by atoms with Crippen LogP contribution in [0, 0.1) is 5.92 Å². The number of piperidine rings is 1. The Morgan fingerprint density at radius 3 is 2.79 bits per heavy atom. The van der Waals surface area contributed by atoms with E-state index >= 15 is 0 Å². The summed E-state index contributed by atoms with van der Waals surface area (Å²) in [5, 5.41) is 11.2. The van der Waals surface area contributed by atoms with Crippen molar-refractivity contribution in [3.8, 4) is 5.75 Å². The minimum atomic E-state index is -0.504. The van der Waals surface area contributed by atoms with Crippen molar-refractivity contribution in [1.29, 1.82) is 0 Å². The van der Waals surface area contributed by atoms with Crippen LogP contribution in [0.15, 0.2) is 18.2 Å². The van der Waals surface area contributed by atoms with E-state index < -0.39 is 6.10 Å². The second kappa shape index (κ2) is 5.31. The van der Waals surface area contributed by atoms with E-state index in [2.05, 4.69) is 11.8 Å². The summed E-state index contributed by atoms with van der Waals surface area (Å²) in [7, 11) is 0. The quantitative estimate of drug-likeness (QED) is 0.859. The molecule has 3 rings (SSSR count). The molecule has 0 aliphatic carbocycles. The maximum absolute atomic E-state index is 10.6. The molecule has 0 radical (unpaired) electrons. The van der Waals surface area contributed by atoms with Crippen LogP contribution < -0.4 is 4.74 Å². The largest absolute Gasteiger partial charge is 0.491 e. The molecular formula is C15H20ClNO2. The third-order valence-electron chi connectivity index (χ3n) is 4.35. The van der Waals surface area contributed by atoms with Gasteiger partial charge >= 0.3 is 0 Å². The standard InChI is InChI=1S/C15H20ClNO2/c1-10-4-6-17(7-5-10)13-9-19-14-3-2-11(16)8-12(14)15(13)18/h2-3,8,10,13,15,18H,4-7,9H2,1H3. The molecule has 1 N–H and O–H groups in total. The molecule has 2 unspecified atom stereocenters. The third kappa shape index (κ3) is 2.60. The lowest BCUT2D eigenvalue weighted by Crippen LogP contribution is -2.49. The molecule has 2 aliphatic rings. The molecule has 104 valence electrons. The normalized spacial score (nSPS) is 28.8. The Morgan fingerprint density at radius 1 is 1.32 bits per heavy atom. The van der Waals surface area contributed by atoms with Crippen molar-refractivity contribution in [1.82, 2.24) is 4.90 Å². The Balaban J connectivity index is 1.79. The van der Waals surface area contributed by atoms with Crippen LogP contribution in [0.4, 0.5) is 0 Å². The molecule has 0 spiro atoms. The molecule has 0 saturated carbocycles. The number of rotatable bonds is 1. The van der Waals surface area contributed by atoms with E-state index in [0.29, 0.717) is 11.6 Å². The average Bonchev–Trinajstić information content (AvgIpc) is 2.41. The Morgan fingerprint density at radius 2 is 2.05 bits per heavy atom. The lowest BCUT2D eigenvalue weighted by molar-refractivity contribution is -0.00971. The van der Waals surface area contributed by atoms with Crippen molar-refractivity contribution in [2.75, 3.05) is 19.7 Å². The van der Waals surface area contributed by atoms with Crippen molar-refractivity contribution in [3.05, 3.63) is 28.8 Å². The summed E-state index contributed by atoms with van der Waals surface area (Å²) < 4.78 is 5.78. The summed E-state index contributed by atoms with van der Waals surface area (Å²) >= 11 is 6.01. The van der Waals surface area contributed by atoms with E-state index in [9.17, 15) is 5.11 Å². The highest BCUT2D eigenvalue weighted by atomic mass is 35.5. The van der Waals surface area contributed by atoms with Crippen molar-refractivity contribution in [2.24, 2.45) is 5.92 Å². The number of likely N-dealkylation sites (tertiary alicyclic amines) is 1. The average molecular weight is 282 g/mol. The molecule has 1 fully saturated rings. The minimum Gasteiger partial charge on any atom is -0.491 e. The zero-order chi connectivity index (χ0) is 13.4. The Labute approximate surface area is 119 Å². The van der Waals surface area contributed by atoms with Gasteiger partial charge in [0, 0.05) is 10.6 Å². The molecular weight excluding hydrogens is 262 g/mol. The zero-order valence-corrected chi connectivity index (χ0v) is 11.9. The van der Waals surface area contributed by atoms with E-state index in [1.54, 1.807) is 6.07 Å². The lowest BCUT2D eigenvalue weighted by Gasteiger charge is -2.41. The number of aliphatic hydroxyl groups excluding tert-OH is 1. The molecule has 2 aliphatic heterocycles. The van der Waals surface area contributed by atoms with E-state index in [4.69, 9.17) is 16.3 Å². The number of hydrogen-bond donors (Lipinski definition) is 1. The number of hydrogen-bond acceptors (Lipinski definition) is 3. The molecule has 0 bridgehead atoms. The van der Waals surface area contributed by atoms with Crippen LogP contribution in [0.3, 0.4) is 0 Å². The van der Waals surface area contributed by atoms with E-state index in [0.717, 1.165) is 30.3 Å². The van der Waals surface area contributed by atoms with Crippen LogP contribution in [0.2, 0.25) is 5.02 Å². The second-order valence-corrected chi connectivity index (χ2v) is 6.16. The van der Waals surface area contributed by atoms with Gasteiger partial charge in [-0.3, -0.25) is 4.90 Å². The van der Waals surface area contributed by atoms with Crippen LogP contribution in [-0.4, -0.2) is 35.7 Å². The molecule has 2 atom stereocenters. The van der Waals surface area contributed by atoms with Gasteiger partial charge in [-0.1, -0.05) is 18.5 Å². The maximum Gasteiger partial charge on any atom is 0.125 e. The van der Waals surface area contributed by atoms with Gasteiger partial charge in [-0.15, -0.1) is 0 Å². The first-order valence-corrected chi connectivity index (χ1v) is 7.37. The first kappa shape index (κ1) is 13.2. The fraction of sp³-hybridized carbons (Fsp3) is 0.600. The van der Waals surface area contributed by atoms with Crippen molar-refractivity contribution in [3.63, 3.8) is 0 Å². The van der Waals surface area contributed by atoms with Gasteiger partial charge in [0.1, 0.15) is 18.5 Å². The number of benzene rings is 1. The number of halogens is 1. The SMILES string of the molecule is CC1CCN(C2COc3ccc(Cl)cc3C2O)CC1. The monoisotopic (exact) mass is 281 g/mol. The van der Waals surface area contributed by atoms with Crippen molar-refractivity contribution >= 4 is 11.6 Å². The summed E-state index contributed by atoms with van der Waals surface area (Å²) in [6.07, 6.45) is 1.90. The molecule has 1 aromatic carbocycles. The van der Waals surface area contributed by atoms with Crippen molar-refractivity contribution in [2.45, 2.75) is 31.9 Å². The van der Waals surface area contributed by atoms with Gasteiger partial charge in [-0.25, -0.2) is 0 Å². The first-order valence-electron chi connectivity index (χ1n) is 6.99. The van der Waals surface area contributed by atoms with Gasteiger partial charge in [-0.05, 0) is 50.0 Å². The highest BCUT2D eigenvalue weighted by Gasteiger charge is 2.35. The smallest absolute Gasteiger partial charge is 0.125 e. The number of aliphatic hydroxyl groups is 1. The van der Waals surface area contributed by atoms with E-state index in [-0.39, 0.29) is 6.04 Å². The molecule has 19 heavy (non-hydrogen) atoms. The van der Waals surface area contributed by atoms with E-state index in [1.807, 2.05) is 12.1 Å². The molecule has 2 heterocycles. The third-order valence-corrected chi connectivity index (χ3v) is 4.59. The molecule has 4 heteroatoms. The maximum atomic E-state index is 10.6. The summed E-state index contributed by atoms with van der Waals surface area (Å²) in [5.41, 5.74) is 0.822.